The Morgan fingerprint density at radius 1 is 0.551 bits per heavy atom. The molecule has 5 nitrogen and oxygen atoms in total. The summed E-state index contributed by atoms with van der Waals surface area (Å²) in [6.07, 6.45) is 1.85. The van der Waals surface area contributed by atoms with E-state index in [9.17, 15) is 5.11 Å². The molecule has 69 heavy (non-hydrogen) atoms. The van der Waals surface area contributed by atoms with Gasteiger partial charge in [-0.3, -0.25) is 9.55 Å². The molecule has 0 saturated heterocycles. The van der Waals surface area contributed by atoms with E-state index in [1.165, 1.54) is 5.56 Å². The van der Waals surface area contributed by atoms with Gasteiger partial charge in [0.05, 0.1) is 28.5 Å². The molecule has 0 amide bonds. The molecule has 11 aromatic rings. The number of benzene rings is 8. The zero-order valence-electron chi connectivity index (χ0n) is 40.3. The van der Waals surface area contributed by atoms with Crippen molar-refractivity contribution in [3.05, 3.63) is 204 Å². The number of imidazole rings is 1. The molecule has 0 aliphatic heterocycles. The Hall–Kier alpha value is -7.07. The molecule has 344 valence electrons. The van der Waals surface area contributed by atoms with Crippen LogP contribution < -0.4 is 0 Å². The van der Waals surface area contributed by atoms with Crippen molar-refractivity contribution in [2.75, 3.05) is 0 Å². The molecule has 0 aliphatic carbocycles. The predicted octanol–water partition coefficient (Wildman–Crippen LogP) is 16.6. The zero-order chi connectivity index (χ0) is 47.1. The van der Waals surface area contributed by atoms with Crippen LogP contribution in [0.3, 0.4) is 0 Å². The van der Waals surface area contributed by atoms with Crippen molar-refractivity contribution in [2.45, 2.75) is 71.6 Å². The second-order valence-electron chi connectivity index (χ2n) is 20.8. The molecule has 0 spiro atoms. The molecule has 0 saturated carbocycles. The van der Waals surface area contributed by atoms with Crippen LogP contribution in [0.1, 0.15) is 77.6 Å². The monoisotopic (exact) mass is 1080 g/mol. The summed E-state index contributed by atoms with van der Waals surface area (Å²) >= 11 is 0. The van der Waals surface area contributed by atoms with Crippen LogP contribution in [0, 0.1) is 6.07 Å². The van der Waals surface area contributed by atoms with Gasteiger partial charge in [0.1, 0.15) is 17.2 Å². The fourth-order valence-electron chi connectivity index (χ4n) is 9.87. The van der Waals surface area contributed by atoms with Gasteiger partial charge >= 0.3 is 0 Å². The van der Waals surface area contributed by atoms with Crippen molar-refractivity contribution >= 4 is 43.7 Å². The number of hydrogen-bond donors (Lipinski definition) is 1. The molecule has 6 heteroatoms. The minimum Gasteiger partial charge on any atom is -0.507 e. The van der Waals surface area contributed by atoms with Crippen LogP contribution in [-0.2, 0) is 37.3 Å². The second-order valence-corrected chi connectivity index (χ2v) is 20.8. The molecule has 0 atom stereocenters. The van der Waals surface area contributed by atoms with E-state index in [-0.39, 0.29) is 43.1 Å². The summed E-state index contributed by atoms with van der Waals surface area (Å²) in [5.74, 6) is 0.903. The van der Waals surface area contributed by atoms with Crippen LogP contribution in [0.4, 0.5) is 0 Å². The van der Waals surface area contributed by atoms with Gasteiger partial charge in [-0.1, -0.05) is 200 Å². The van der Waals surface area contributed by atoms with Crippen LogP contribution in [0.2, 0.25) is 0 Å². The summed E-state index contributed by atoms with van der Waals surface area (Å²) < 4.78 is 8.76. The molecule has 0 aliphatic rings. The number of pyridine rings is 1. The number of para-hydroxylation sites is 2. The van der Waals surface area contributed by atoms with Crippen molar-refractivity contribution < 1.29 is 30.6 Å². The maximum Gasteiger partial charge on any atom is 0.152 e. The summed E-state index contributed by atoms with van der Waals surface area (Å²) in [4.78, 5) is 10.8. The topological polar surface area (TPSA) is 64.1 Å². The Balaban J connectivity index is 0.00000553. The van der Waals surface area contributed by atoms with Crippen molar-refractivity contribution in [3.8, 4) is 56.3 Å². The number of phenols is 1. The van der Waals surface area contributed by atoms with Gasteiger partial charge < -0.3 is 9.52 Å². The first kappa shape index (κ1) is 45.7. The molecule has 8 aromatic carbocycles. The summed E-state index contributed by atoms with van der Waals surface area (Å²) in [6, 6.07) is 63.6. The fourth-order valence-corrected chi connectivity index (χ4v) is 9.87. The van der Waals surface area contributed by atoms with Crippen LogP contribution in [0.25, 0.3) is 94.3 Å². The number of phenolic OH excluding ortho intramolecular Hbond substituents is 1. The first-order chi connectivity index (χ1) is 32.6. The van der Waals surface area contributed by atoms with Gasteiger partial charge in [-0.25, -0.2) is 4.98 Å². The molecule has 0 bridgehead atoms. The fraction of sp³-hybridized carbons (Fsp3) is 0.175. The third-order valence-corrected chi connectivity index (χ3v) is 13.8. The number of rotatable bonds is 7. The van der Waals surface area contributed by atoms with Crippen LogP contribution in [0.15, 0.2) is 180 Å². The van der Waals surface area contributed by atoms with Crippen molar-refractivity contribution in [2.24, 2.45) is 0 Å². The molecule has 3 aromatic heterocycles. The normalized spacial score (nSPS) is 12.3. The van der Waals surface area contributed by atoms with E-state index in [0.717, 1.165) is 99.6 Å². The number of aromatic hydroxyl groups is 1. The van der Waals surface area contributed by atoms with Gasteiger partial charge in [-0.15, -0.1) is 29.3 Å². The van der Waals surface area contributed by atoms with Gasteiger partial charge in [0.25, 0.3) is 0 Å². The summed E-state index contributed by atoms with van der Waals surface area (Å²) in [5, 5.41) is 16.8. The van der Waals surface area contributed by atoms with Gasteiger partial charge in [0.2, 0.25) is 0 Å². The van der Waals surface area contributed by atoms with E-state index in [1.54, 1.807) is 0 Å². The third kappa shape index (κ3) is 7.97. The van der Waals surface area contributed by atoms with Crippen LogP contribution >= 0.6 is 0 Å². The molecule has 0 fully saturated rings. The molecule has 0 unspecified atom stereocenters. The van der Waals surface area contributed by atoms with Crippen molar-refractivity contribution in [3.63, 3.8) is 0 Å². The molecule has 0 radical (unpaired) electrons. The van der Waals surface area contributed by atoms with E-state index in [2.05, 4.69) is 230 Å². The SMILES string of the molecule is CC(C)(C)c1cc(-c2nc3c(-c4[c-]c(-c5cc6c(cn5)oc5c7ccccc7ccc65)cc(C(C)(C)c5ccccc5)c4)cccc3n2-c2ccccc2-c2ccccc2)c(O)c(C(C)(C)C)c1.[Pt]. The van der Waals surface area contributed by atoms with E-state index in [1.807, 2.05) is 12.3 Å². The predicted molar refractivity (Wildman–Crippen MR) is 282 cm³/mol. The molecule has 11 rings (SSSR count). The summed E-state index contributed by atoms with van der Waals surface area (Å²) in [6.45, 7) is 17.7. The van der Waals surface area contributed by atoms with Gasteiger partial charge in [-0.2, -0.15) is 0 Å². The third-order valence-electron chi connectivity index (χ3n) is 13.8. The van der Waals surface area contributed by atoms with Crippen molar-refractivity contribution in [1.82, 2.24) is 14.5 Å². The Morgan fingerprint density at radius 3 is 1.99 bits per heavy atom. The van der Waals surface area contributed by atoms with Gasteiger partial charge in [0.15, 0.2) is 5.58 Å². The van der Waals surface area contributed by atoms with Gasteiger partial charge in [0, 0.05) is 59.5 Å². The zero-order valence-corrected chi connectivity index (χ0v) is 42.5. The molecular weight excluding hydrogens is 1030 g/mol. The van der Waals surface area contributed by atoms with Crippen LogP contribution in [0.5, 0.6) is 5.75 Å². The van der Waals surface area contributed by atoms with E-state index < -0.39 is 0 Å². The second kappa shape index (κ2) is 17.2. The first-order valence-corrected chi connectivity index (χ1v) is 23.5. The van der Waals surface area contributed by atoms with E-state index in [4.69, 9.17) is 14.4 Å². The first-order valence-electron chi connectivity index (χ1n) is 23.5. The molecular formula is C63H54N3O2Pt-. The maximum absolute atomic E-state index is 12.5. The Labute approximate surface area is 418 Å². The maximum atomic E-state index is 12.5. The quantitative estimate of drug-likeness (QED) is 0.162. The minimum absolute atomic E-state index is 0. The number of fused-ring (bicyclic) bond motifs is 6. The smallest absolute Gasteiger partial charge is 0.152 e. The van der Waals surface area contributed by atoms with Gasteiger partial charge in [-0.05, 0) is 57.2 Å². The van der Waals surface area contributed by atoms with E-state index in [0.29, 0.717) is 11.4 Å². The standard InChI is InChI=1S/C63H54N3O2.Pt/c1-61(2,3)44-35-51(58(67)52(36-44)62(4,5)6)60-65-57-47(27-19-29-55(57)66(60)54-28-18-17-25-46(54)39-20-11-9-12-21-39)41-32-42(34-45(33-41)63(7,8)43-23-13-10-14-24-43)53-37-50-49-31-30-40-22-15-16-26-48(40)59(49)68-56(50)38-64-53;/h9-31,33-38,67H,1-8H3;/q-1;. The average molecular weight is 1080 g/mol. The molecule has 1 N–H and O–H groups in total. The van der Waals surface area contributed by atoms with Crippen LogP contribution in [-0.4, -0.2) is 19.6 Å². The largest absolute Gasteiger partial charge is 0.507 e. The number of aromatic nitrogens is 3. The Kier molecular flexibility index (Phi) is 11.4. The number of hydrogen-bond acceptors (Lipinski definition) is 4. The average Bonchev–Trinajstić information content (AvgIpc) is 3.92. The Bertz CT molecular complexity index is 3740. The van der Waals surface area contributed by atoms with Crippen molar-refractivity contribution in [1.29, 1.82) is 0 Å². The number of furan rings is 1. The summed E-state index contributed by atoms with van der Waals surface area (Å²) in [7, 11) is 0. The number of nitrogens with zero attached hydrogens (tertiary/aromatic N) is 3. The van der Waals surface area contributed by atoms with E-state index >= 15 is 0 Å². The summed E-state index contributed by atoms with van der Waals surface area (Å²) in [5.41, 5.74) is 14.0. The Morgan fingerprint density at radius 2 is 1.23 bits per heavy atom. The minimum atomic E-state index is -0.388. The molecule has 3 heterocycles.